The lowest BCUT2D eigenvalue weighted by molar-refractivity contribution is -0.385. The predicted octanol–water partition coefficient (Wildman–Crippen LogP) is 0.815. The number of nitrogens with zero attached hydrogens (tertiary/aromatic N) is 1. The molecule has 1 aliphatic heterocycles. The Morgan fingerprint density at radius 1 is 1.53 bits per heavy atom. The SMILES string of the molecule is Cc1cc(NC(=O)C2COCC2N)ccc1[N+](=O)[O-]. The van der Waals surface area contributed by atoms with Gasteiger partial charge in [-0.15, -0.1) is 0 Å². The maximum Gasteiger partial charge on any atom is 0.272 e. The number of nitrogens with one attached hydrogen (secondary N) is 1. The van der Waals surface area contributed by atoms with Crippen LogP contribution in [-0.4, -0.2) is 30.1 Å². The third kappa shape index (κ3) is 2.88. The van der Waals surface area contributed by atoms with Gasteiger partial charge in [-0.1, -0.05) is 0 Å². The summed E-state index contributed by atoms with van der Waals surface area (Å²) in [6, 6.07) is 4.14. The molecule has 0 saturated carbocycles. The molecule has 1 aromatic rings. The van der Waals surface area contributed by atoms with Crippen molar-refractivity contribution in [3.05, 3.63) is 33.9 Å². The van der Waals surface area contributed by atoms with E-state index in [0.29, 0.717) is 24.5 Å². The van der Waals surface area contributed by atoms with Crippen molar-refractivity contribution in [1.82, 2.24) is 0 Å². The van der Waals surface area contributed by atoms with E-state index in [1.165, 1.54) is 12.1 Å². The smallest absolute Gasteiger partial charge is 0.272 e. The van der Waals surface area contributed by atoms with Crippen LogP contribution in [0.2, 0.25) is 0 Å². The molecule has 0 radical (unpaired) electrons. The summed E-state index contributed by atoms with van der Waals surface area (Å²) in [6.45, 7) is 2.30. The number of nitro benzene ring substituents is 1. The molecule has 19 heavy (non-hydrogen) atoms. The summed E-state index contributed by atoms with van der Waals surface area (Å²) in [6.07, 6.45) is 0. The Balaban J connectivity index is 2.09. The molecule has 2 unspecified atom stereocenters. The lowest BCUT2D eigenvalue weighted by atomic mass is 10.0. The molecular weight excluding hydrogens is 250 g/mol. The van der Waals surface area contributed by atoms with Crippen LogP contribution < -0.4 is 11.1 Å². The van der Waals surface area contributed by atoms with E-state index in [0.717, 1.165) is 0 Å². The fourth-order valence-corrected chi connectivity index (χ4v) is 2.01. The highest BCUT2D eigenvalue weighted by Gasteiger charge is 2.31. The Kier molecular flexibility index (Phi) is 3.77. The molecule has 0 spiro atoms. The Morgan fingerprint density at radius 3 is 2.79 bits per heavy atom. The first-order valence-corrected chi connectivity index (χ1v) is 5.88. The lowest BCUT2D eigenvalue weighted by Crippen LogP contribution is -2.37. The van der Waals surface area contributed by atoms with Crippen molar-refractivity contribution in [2.24, 2.45) is 11.7 Å². The van der Waals surface area contributed by atoms with Crippen LogP contribution in [-0.2, 0) is 9.53 Å². The van der Waals surface area contributed by atoms with Gasteiger partial charge in [-0.2, -0.15) is 0 Å². The molecule has 1 heterocycles. The van der Waals surface area contributed by atoms with E-state index >= 15 is 0 Å². The van der Waals surface area contributed by atoms with E-state index in [4.69, 9.17) is 10.5 Å². The average molecular weight is 265 g/mol. The van der Waals surface area contributed by atoms with Crippen LogP contribution in [0.5, 0.6) is 0 Å². The highest BCUT2D eigenvalue weighted by molar-refractivity contribution is 5.93. The van der Waals surface area contributed by atoms with Crippen LogP contribution in [0.4, 0.5) is 11.4 Å². The standard InChI is InChI=1S/C12H15N3O4/c1-7-4-8(2-3-11(7)15(17)18)14-12(16)9-5-19-6-10(9)13/h2-4,9-10H,5-6,13H2,1H3,(H,14,16). The minimum absolute atomic E-state index is 0.0268. The van der Waals surface area contributed by atoms with Gasteiger partial charge in [0.2, 0.25) is 5.91 Å². The first-order chi connectivity index (χ1) is 8.99. The number of hydrogen-bond acceptors (Lipinski definition) is 5. The summed E-state index contributed by atoms with van der Waals surface area (Å²) >= 11 is 0. The molecule has 0 aliphatic carbocycles. The van der Waals surface area contributed by atoms with Gasteiger partial charge < -0.3 is 15.8 Å². The molecule has 1 aliphatic rings. The van der Waals surface area contributed by atoms with Crippen molar-refractivity contribution in [3.8, 4) is 0 Å². The van der Waals surface area contributed by atoms with Gasteiger partial charge in [0.1, 0.15) is 0 Å². The van der Waals surface area contributed by atoms with Crippen molar-refractivity contribution < 1.29 is 14.5 Å². The summed E-state index contributed by atoms with van der Waals surface area (Å²) in [5.74, 6) is -0.603. The quantitative estimate of drug-likeness (QED) is 0.621. The van der Waals surface area contributed by atoms with E-state index in [9.17, 15) is 14.9 Å². The van der Waals surface area contributed by atoms with E-state index in [1.54, 1.807) is 13.0 Å². The Morgan fingerprint density at radius 2 is 2.26 bits per heavy atom. The zero-order valence-corrected chi connectivity index (χ0v) is 10.5. The summed E-state index contributed by atoms with van der Waals surface area (Å²) in [7, 11) is 0. The van der Waals surface area contributed by atoms with Crippen LogP contribution in [0, 0.1) is 23.0 Å². The number of amides is 1. The summed E-state index contributed by atoms with van der Waals surface area (Å²) in [4.78, 5) is 22.2. The molecule has 1 saturated heterocycles. The largest absolute Gasteiger partial charge is 0.379 e. The fraction of sp³-hybridized carbons (Fsp3) is 0.417. The van der Waals surface area contributed by atoms with E-state index in [1.807, 2.05) is 0 Å². The molecule has 0 bridgehead atoms. The fourth-order valence-electron chi connectivity index (χ4n) is 2.01. The van der Waals surface area contributed by atoms with Gasteiger partial charge >= 0.3 is 0 Å². The van der Waals surface area contributed by atoms with E-state index in [2.05, 4.69) is 5.32 Å². The monoisotopic (exact) mass is 265 g/mol. The van der Waals surface area contributed by atoms with Crippen LogP contribution in [0.1, 0.15) is 5.56 Å². The van der Waals surface area contributed by atoms with E-state index in [-0.39, 0.29) is 23.6 Å². The lowest BCUT2D eigenvalue weighted by Gasteiger charge is -2.13. The maximum absolute atomic E-state index is 12.0. The first-order valence-electron chi connectivity index (χ1n) is 5.88. The highest BCUT2D eigenvalue weighted by Crippen LogP contribution is 2.22. The molecule has 2 rings (SSSR count). The molecule has 1 fully saturated rings. The van der Waals surface area contributed by atoms with Gasteiger partial charge in [0.15, 0.2) is 0 Å². The number of rotatable bonds is 3. The van der Waals surface area contributed by atoms with Gasteiger partial charge in [0.25, 0.3) is 5.69 Å². The molecule has 2 atom stereocenters. The minimum atomic E-state index is -0.457. The number of ether oxygens (including phenoxy) is 1. The van der Waals surface area contributed by atoms with Gasteiger partial charge in [0.05, 0.1) is 24.1 Å². The molecule has 3 N–H and O–H groups in total. The van der Waals surface area contributed by atoms with Gasteiger partial charge in [0, 0.05) is 23.4 Å². The molecule has 1 amide bonds. The third-order valence-corrected chi connectivity index (χ3v) is 3.12. The van der Waals surface area contributed by atoms with Gasteiger partial charge in [-0.05, 0) is 19.1 Å². The average Bonchev–Trinajstić information content (AvgIpc) is 2.75. The summed E-state index contributed by atoms with van der Waals surface area (Å²) in [5, 5.41) is 13.4. The molecular formula is C12H15N3O4. The second-order valence-corrected chi connectivity index (χ2v) is 4.56. The number of nitro groups is 1. The van der Waals surface area contributed by atoms with Gasteiger partial charge in [-0.3, -0.25) is 14.9 Å². The number of aryl methyl sites for hydroxylation is 1. The molecule has 1 aromatic carbocycles. The van der Waals surface area contributed by atoms with Crippen LogP contribution in [0.3, 0.4) is 0 Å². The number of carbonyl (C=O) groups is 1. The molecule has 7 nitrogen and oxygen atoms in total. The second-order valence-electron chi connectivity index (χ2n) is 4.56. The number of anilines is 1. The van der Waals surface area contributed by atoms with Crippen molar-refractivity contribution in [2.45, 2.75) is 13.0 Å². The zero-order chi connectivity index (χ0) is 14.0. The number of carbonyl (C=O) groups excluding carboxylic acids is 1. The third-order valence-electron chi connectivity index (χ3n) is 3.12. The molecule has 0 aromatic heterocycles. The Bertz CT molecular complexity index is 518. The Hall–Kier alpha value is -1.99. The van der Waals surface area contributed by atoms with Crippen LogP contribution in [0.15, 0.2) is 18.2 Å². The Labute approximate surface area is 109 Å². The number of hydrogen-bond donors (Lipinski definition) is 2. The van der Waals surface area contributed by atoms with Crippen LogP contribution >= 0.6 is 0 Å². The first kappa shape index (κ1) is 13.4. The maximum atomic E-state index is 12.0. The minimum Gasteiger partial charge on any atom is -0.379 e. The van der Waals surface area contributed by atoms with Gasteiger partial charge in [-0.25, -0.2) is 0 Å². The zero-order valence-electron chi connectivity index (χ0n) is 10.5. The highest BCUT2D eigenvalue weighted by atomic mass is 16.6. The van der Waals surface area contributed by atoms with E-state index < -0.39 is 4.92 Å². The van der Waals surface area contributed by atoms with Crippen LogP contribution in [0.25, 0.3) is 0 Å². The normalized spacial score (nSPS) is 22.2. The summed E-state index contributed by atoms with van der Waals surface area (Å²) < 4.78 is 5.13. The van der Waals surface area contributed by atoms with Crippen molar-refractivity contribution in [3.63, 3.8) is 0 Å². The number of benzene rings is 1. The predicted molar refractivity (Wildman–Crippen MR) is 68.7 cm³/mol. The molecule has 7 heteroatoms. The van der Waals surface area contributed by atoms with Crippen molar-refractivity contribution >= 4 is 17.3 Å². The van der Waals surface area contributed by atoms with Crippen molar-refractivity contribution in [1.29, 1.82) is 0 Å². The molecule has 102 valence electrons. The topological polar surface area (TPSA) is 107 Å². The second kappa shape index (κ2) is 5.33. The number of nitrogens with two attached hydrogens (primary N) is 1. The summed E-state index contributed by atoms with van der Waals surface area (Å²) in [5.41, 5.74) is 6.79. The van der Waals surface area contributed by atoms with Crippen molar-refractivity contribution in [2.75, 3.05) is 18.5 Å².